The topological polar surface area (TPSA) is 68.3 Å². The van der Waals surface area contributed by atoms with Gasteiger partial charge in [0.1, 0.15) is 11.3 Å². The van der Waals surface area contributed by atoms with Gasteiger partial charge in [0.05, 0.1) is 5.76 Å². The molecular weight excluding hydrogens is 797 g/mol. The van der Waals surface area contributed by atoms with Crippen molar-refractivity contribution in [1.82, 2.24) is 9.55 Å². The van der Waals surface area contributed by atoms with Crippen LogP contribution in [0.3, 0.4) is 0 Å². The number of nitrogens with zero attached hydrogens (tertiary/aromatic N) is 2. The second-order valence-electron chi connectivity index (χ2n) is 12.8. The van der Waals surface area contributed by atoms with Crippen LogP contribution in [0.1, 0.15) is 58.9 Å². The van der Waals surface area contributed by atoms with E-state index in [0.29, 0.717) is 0 Å². The summed E-state index contributed by atoms with van der Waals surface area (Å²) in [4.78, 5) is 16.5. The molecule has 0 spiro atoms. The second-order valence-corrected chi connectivity index (χ2v) is 12.8. The van der Waals surface area contributed by atoms with E-state index in [4.69, 9.17) is 9.40 Å². The first-order chi connectivity index (χ1) is 23.8. The van der Waals surface area contributed by atoms with E-state index in [-0.39, 0.29) is 43.5 Å². The third-order valence-corrected chi connectivity index (χ3v) is 10.0. The van der Waals surface area contributed by atoms with E-state index in [1.165, 1.54) is 27.8 Å². The number of carbonyl (C=O) groups excluding carboxylic acids is 1. The molecule has 0 aliphatic heterocycles. The van der Waals surface area contributed by atoms with Gasteiger partial charge in [-0.25, -0.2) is 0 Å². The van der Waals surface area contributed by atoms with E-state index in [0.717, 1.165) is 75.7 Å². The monoisotopic (exact) mass is 842 g/mol. The average Bonchev–Trinajstić information content (AvgIpc) is 3.63. The molecule has 0 aliphatic carbocycles. The molecule has 7 aromatic rings. The van der Waals surface area contributed by atoms with Crippen molar-refractivity contribution in [2.45, 2.75) is 60.3 Å². The van der Waals surface area contributed by atoms with Crippen molar-refractivity contribution in [2.75, 3.05) is 0 Å². The van der Waals surface area contributed by atoms with Crippen molar-refractivity contribution in [3.8, 4) is 22.6 Å². The van der Waals surface area contributed by atoms with Gasteiger partial charge in [-0.3, -0.25) is 9.78 Å². The Morgan fingerprint density at radius 2 is 1.48 bits per heavy atom. The molecule has 1 N–H and O–H groups in total. The van der Waals surface area contributed by atoms with Gasteiger partial charge in [-0.05, 0) is 61.7 Å². The Morgan fingerprint density at radius 1 is 0.860 bits per heavy atom. The van der Waals surface area contributed by atoms with Crippen LogP contribution in [0.5, 0.6) is 0 Å². The Hall–Kier alpha value is -4.51. The first-order valence-corrected chi connectivity index (χ1v) is 17.5. The number of aromatic nitrogens is 2. The fourth-order valence-corrected chi connectivity index (χ4v) is 7.09. The molecule has 0 atom stereocenters. The number of ketones is 1. The number of furan rings is 1. The smallest absolute Gasteiger partial charge is 0.162 e. The van der Waals surface area contributed by atoms with Gasteiger partial charge in [-0.1, -0.05) is 105 Å². The van der Waals surface area contributed by atoms with E-state index in [2.05, 4.69) is 85.3 Å². The first-order valence-electron chi connectivity index (χ1n) is 17.5. The number of hydrogen-bond acceptors (Lipinski definition) is 4. The van der Waals surface area contributed by atoms with Crippen molar-refractivity contribution < 1.29 is 34.4 Å². The fraction of sp³-hybridized carbons (Fsp3) is 0.273. The maximum absolute atomic E-state index is 11.7. The molecule has 0 amide bonds. The zero-order valence-corrected chi connectivity index (χ0v) is 32.1. The minimum absolute atomic E-state index is 0. The molecule has 50 heavy (non-hydrogen) atoms. The summed E-state index contributed by atoms with van der Waals surface area (Å²) in [5, 5.41) is 15.7. The van der Waals surface area contributed by atoms with E-state index in [1.54, 1.807) is 0 Å². The summed E-state index contributed by atoms with van der Waals surface area (Å²) in [5.74, 6) is 1.44. The van der Waals surface area contributed by atoms with Crippen LogP contribution >= 0.6 is 0 Å². The molecule has 3 heterocycles. The first kappa shape index (κ1) is 36.8. The van der Waals surface area contributed by atoms with Crippen LogP contribution in [0, 0.1) is 24.8 Å². The number of rotatable bonds is 9. The van der Waals surface area contributed by atoms with Crippen molar-refractivity contribution in [3.05, 3.63) is 115 Å². The van der Waals surface area contributed by atoms with Gasteiger partial charge in [0.2, 0.25) is 0 Å². The Kier molecular flexibility index (Phi) is 11.8. The molecular formula is C44H45IrN2O3-. The number of benzene rings is 4. The van der Waals surface area contributed by atoms with E-state index >= 15 is 0 Å². The fourth-order valence-electron chi connectivity index (χ4n) is 7.09. The third-order valence-electron chi connectivity index (χ3n) is 10.0. The van der Waals surface area contributed by atoms with Gasteiger partial charge < -0.3 is 14.1 Å². The molecule has 5 nitrogen and oxygen atoms in total. The molecule has 259 valence electrons. The molecule has 7 rings (SSSR count). The quantitative estimate of drug-likeness (QED) is 0.0893. The van der Waals surface area contributed by atoms with Crippen LogP contribution in [-0.4, -0.2) is 20.4 Å². The SMILES string of the molecule is CCC(CC)C(=O)/C=C(\O)C(CC)CC.Cc1c(-c2ccnc(-c3[c-]c4ccccc4c4c5ccccc5n(C)c34)c2)oc2ccccc12.[Ir]. The summed E-state index contributed by atoms with van der Waals surface area (Å²) < 4.78 is 8.53. The van der Waals surface area contributed by atoms with E-state index in [9.17, 15) is 9.90 Å². The Labute approximate surface area is 308 Å². The van der Waals surface area contributed by atoms with Crippen molar-refractivity contribution in [3.63, 3.8) is 0 Å². The number of aryl methyl sites for hydroxylation is 2. The van der Waals surface area contributed by atoms with Gasteiger partial charge in [0.15, 0.2) is 5.78 Å². The Bertz CT molecular complexity index is 2300. The van der Waals surface area contributed by atoms with Crippen molar-refractivity contribution in [2.24, 2.45) is 18.9 Å². The predicted octanol–water partition coefficient (Wildman–Crippen LogP) is 11.9. The molecule has 1 radical (unpaired) electrons. The Balaban J connectivity index is 0.000000261. The third kappa shape index (κ3) is 6.92. The largest absolute Gasteiger partial charge is 0.512 e. The summed E-state index contributed by atoms with van der Waals surface area (Å²) in [6.45, 7) is 10.2. The number of aliphatic hydroxyl groups is 1. The van der Waals surface area contributed by atoms with Crippen molar-refractivity contribution in [1.29, 1.82) is 0 Å². The molecule has 4 aromatic carbocycles. The second kappa shape index (κ2) is 16.0. The minimum atomic E-state index is 0. The normalized spacial score (nSPS) is 11.8. The van der Waals surface area contributed by atoms with Crippen LogP contribution in [-0.2, 0) is 31.9 Å². The van der Waals surface area contributed by atoms with Crippen LogP contribution in [0.25, 0.3) is 66.1 Å². The number of fused-ring (bicyclic) bond motifs is 6. The maximum atomic E-state index is 11.7. The summed E-state index contributed by atoms with van der Waals surface area (Å²) in [6, 6.07) is 33.1. The zero-order chi connectivity index (χ0) is 34.7. The number of allylic oxidation sites excluding steroid dienone is 2. The molecule has 0 unspecified atom stereocenters. The standard InChI is InChI=1S/C31H21N2O.C13H24O2.Ir/c1-19-22-10-6-8-14-28(22)34-31(19)21-15-16-32-26(18-21)25-17-20-9-3-4-11-23(20)29-24-12-5-7-13-27(24)33(2)30(25)29;1-5-10(6-2)12(14)9-13(15)11(7-3)8-4;/h3-16,18H,1-2H3;9-11,14H,5-8H2,1-4H3;/q-1;;/b;12-9-;. The van der Waals surface area contributed by atoms with E-state index < -0.39 is 0 Å². The van der Waals surface area contributed by atoms with Crippen LogP contribution in [0.15, 0.2) is 107 Å². The van der Waals surface area contributed by atoms with Gasteiger partial charge >= 0.3 is 0 Å². The number of pyridine rings is 1. The molecule has 0 aliphatic rings. The maximum Gasteiger partial charge on any atom is 0.162 e. The van der Waals surface area contributed by atoms with Gasteiger partial charge in [-0.15, -0.1) is 17.5 Å². The van der Waals surface area contributed by atoms with Gasteiger partial charge in [0.25, 0.3) is 0 Å². The predicted molar refractivity (Wildman–Crippen MR) is 204 cm³/mol. The number of hydrogen-bond donors (Lipinski definition) is 1. The van der Waals surface area contributed by atoms with Crippen LogP contribution in [0.4, 0.5) is 0 Å². The molecule has 0 fully saturated rings. The van der Waals surface area contributed by atoms with E-state index in [1.807, 2.05) is 58.2 Å². The average molecular weight is 842 g/mol. The number of carbonyl (C=O) groups is 1. The molecule has 0 saturated heterocycles. The molecule has 3 aromatic heterocycles. The number of para-hydroxylation sites is 2. The van der Waals surface area contributed by atoms with Crippen molar-refractivity contribution >= 4 is 49.3 Å². The summed E-state index contributed by atoms with van der Waals surface area (Å²) in [5.41, 5.74) is 7.31. The zero-order valence-electron chi connectivity index (χ0n) is 29.7. The molecule has 0 saturated carbocycles. The summed E-state index contributed by atoms with van der Waals surface area (Å²) >= 11 is 0. The molecule has 6 heteroatoms. The molecule has 0 bridgehead atoms. The summed E-state index contributed by atoms with van der Waals surface area (Å²) in [7, 11) is 2.13. The Morgan fingerprint density at radius 3 is 2.16 bits per heavy atom. The van der Waals surface area contributed by atoms with Gasteiger partial charge in [0, 0.05) is 79.0 Å². The van der Waals surface area contributed by atoms with Gasteiger partial charge in [-0.2, -0.15) is 0 Å². The number of aliphatic hydroxyl groups excluding tert-OH is 1. The van der Waals surface area contributed by atoms with Crippen LogP contribution < -0.4 is 0 Å². The van der Waals surface area contributed by atoms with Crippen LogP contribution in [0.2, 0.25) is 0 Å². The summed E-state index contributed by atoms with van der Waals surface area (Å²) in [6.07, 6.45) is 6.78. The minimum Gasteiger partial charge on any atom is -0.512 e.